The summed E-state index contributed by atoms with van der Waals surface area (Å²) in [7, 11) is 0. The topological polar surface area (TPSA) is 95.4 Å². The Kier molecular flexibility index (Phi) is 3.42. The Balaban J connectivity index is 3.50. The SMILES string of the molecule is C[C@H](N)C(=O)OCC(N)=O. The number of carbonyl (C=O) groups is 2. The Morgan fingerprint density at radius 3 is 2.40 bits per heavy atom. The summed E-state index contributed by atoms with van der Waals surface area (Å²) in [4.78, 5) is 20.5. The fourth-order valence-electron chi connectivity index (χ4n) is 0.274. The molecule has 0 saturated heterocycles. The molecule has 0 bridgehead atoms. The van der Waals surface area contributed by atoms with Crippen molar-refractivity contribution < 1.29 is 14.3 Å². The van der Waals surface area contributed by atoms with E-state index in [1.54, 1.807) is 0 Å². The second-order valence-corrected chi connectivity index (χ2v) is 1.86. The van der Waals surface area contributed by atoms with Gasteiger partial charge >= 0.3 is 5.97 Å². The average molecular weight is 146 g/mol. The molecule has 0 radical (unpaired) electrons. The minimum Gasteiger partial charge on any atom is -0.454 e. The molecule has 0 aliphatic heterocycles. The number of nitrogens with two attached hydrogens (primary N) is 2. The van der Waals surface area contributed by atoms with E-state index in [0.717, 1.165) is 0 Å². The van der Waals surface area contributed by atoms with Crippen LogP contribution in [0.5, 0.6) is 0 Å². The highest BCUT2D eigenvalue weighted by molar-refractivity contribution is 5.80. The Bertz CT molecular complexity index is 144. The number of hydrogen-bond donors (Lipinski definition) is 2. The van der Waals surface area contributed by atoms with Gasteiger partial charge in [0.1, 0.15) is 6.04 Å². The van der Waals surface area contributed by atoms with Crippen LogP contribution in [0.4, 0.5) is 0 Å². The van der Waals surface area contributed by atoms with Crippen LogP contribution in [0.1, 0.15) is 6.92 Å². The van der Waals surface area contributed by atoms with Crippen LogP contribution in [-0.2, 0) is 14.3 Å². The van der Waals surface area contributed by atoms with Crippen molar-refractivity contribution in [2.45, 2.75) is 13.0 Å². The minimum atomic E-state index is -0.709. The van der Waals surface area contributed by atoms with Gasteiger partial charge in [-0.2, -0.15) is 0 Å². The van der Waals surface area contributed by atoms with Gasteiger partial charge in [0.25, 0.3) is 5.91 Å². The lowest BCUT2D eigenvalue weighted by Gasteiger charge is -2.03. The fraction of sp³-hybridized carbons (Fsp3) is 0.600. The molecule has 1 amide bonds. The molecular weight excluding hydrogens is 136 g/mol. The van der Waals surface area contributed by atoms with E-state index < -0.39 is 24.5 Å². The summed E-state index contributed by atoms with van der Waals surface area (Å²) in [6.07, 6.45) is 0. The van der Waals surface area contributed by atoms with Crippen LogP contribution in [0, 0.1) is 0 Å². The van der Waals surface area contributed by atoms with E-state index in [-0.39, 0.29) is 0 Å². The van der Waals surface area contributed by atoms with Crippen molar-refractivity contribution in [3.63, 3.8) is 0 Å². The number of carbonyl (C=O) groups excluding carboxylic acids is 2. The molecule has 0 fully saturated rings. The maximum absolute atomic E-state index is 10.5. The maximum Gasteiger partial charge on any atom is 0.323 e. The van der Waals surface area contributed by atoms with E-state index >= 15 is 0 Å². The predicted octanol–water partition coefficient (Wildman–Crippen LogP) is -1.64. The number of ether oxygens (including phenoxy) is 1. The van der Waals surface area contributed by atoms with E-state index in [2.05, 4.69) is 10.5 Å². The van der Waals surface area contributed by atoms with Crippen molar-refractivity contribution in [1.29, 1.82) is 0 Å². The van der Waals surface area contributed by atoms with Crippen LogP contribution < -0.4 is 11.5 Å². The Morgan fingerprint density at radius 2 is 2.10 bits per heavy atom. The van der Waals surface area contributed by atoms with Gasteiger partial charge in [0.2, 0.25) is 0 Å². The monoisotopic (exact) mass is 146 g/mol. The zero-order chi connectivity index (χ0) is 8.15. The summed E-state index contributed by atoms with van der Waals surface area (Å²) in [6.45, 7) is 1.06. The second kappa shape index (κ2) is 3.84. The molecule has 0 unspecified atom stereocenters. The molecule has 5 heteroatoms. The summed E-state index contributed by atoms with van der Waals surface area (Å²) >= 11 is 0. The zero-order valence-electron chi connectivity index (χ0n) is 5.66. The molecule has 10 heavy (non-hydrogen) atoms. The molecule has 0 rings (SSSR count). The summed E-state index contributed by atoms with van der Waals surface area (Å²) < 4.78 is 4.33. The van der Waals surface area contributed by atoms with Crippen LogP contribution in [0.2, 0.25) is 0 Å². The molecule has 0 spiro atoms. The van der Waals surface area contributed by atoms with E-state index in [0.29, 0.717) is 0 Å². The van der Waals surface area contributed by atoms with Crippen molar-refractivity contribution in [1.82, 2.24) is 0 Å². The van der Waals surface area contributed by atoms with Gasteiger partial charge in [-0.25, -0.2) is 0 Å². The van der Waals surface area contributed by atoms with E-state index in [1.165, 1.54) is 6.92 Å². The van der Waals surface area contributed by atoms with Crippen molar-refractivity contribution in [2.24, 2.45) is 11.5 Å². The molecular formula is C5H10N2O3. The fourth-order valence-corrected chi connectivity index (χ4v) is 0.274. The number of esters is 1. The number of rotatable bonds is 3. The molecule has 0 aromatic carbocycles. The smallest absolute Gasteiger partial charge is 0.323 e. The highest BCUT2D eigenvalue weighted by atomic mass is 16.5. The van der Waals surface area contributed by atoms with Gasteiger partial charge in [-0.05, 0) is 6.92 Å². The molecule has 5 nitrogen and oxygen atoms in total. The van der Waals surface area contributed by atoms with Gasteiger partial charge in [0, 0.05) is 0 Å². The Hall–Kier alpha value is -1.10. The van der Waals surface area contributed by atoms with Crippen molar-refractivity contribution in [3.8, 4) is 0 Å². The standard InChI is InChI=1S/C5H10N2O3/c1-3(6)5(9)10-2-4(7)8/h3H,2,6H2,1H3,(H2,7,8)/t3-/m0/s1. The quantitative estimate of drug-likeness (QED) is 0.467. The lowest BCUT2D eigenvalue weighted by molar-refractivity contribution is -0.148. The first-order chi connectivity index (χ1) is 4.54. The first kappa shape index (κ1) is 8.90. The minimum absolute atomic E-state index is 0.402. The van der Waals surface area contributed by atoms with Crippen LogP contribution in [0.15, 0.2) is 0 Å². The summed E-state index contributed by atoms with van der Waals surface area (Å²) in [5.41, 5.74) is 9.78. The first-order valence-corrected chi connectivity index (χ1v) is 2.74. The highest BCUT2D eigenvalue weighted by Gasteiger charge is 2.08. The molecule has 0 heterocycles. The van der Waals surface area contributed by atoms with Crippen molar-refractivity contribution in [3.05, 3.63) is 0 Å². The zero-order valence-corrected chi connectivity index (χ0v) is 5.66. The van der Waals surface area contributed by atoms with E-state index in [4.69, 9.17) is 5.73 Å². The number of hydrogen-bond acceptors (Lipinski definition) is 4. The van der Waals surface area contributed by atoms with Gasteiger partial charge in [-0.3, -0.25) is 9.59 Å². The molecule has 1 atom stereocenters. The predicted molar refractivity (Wildman–Crippen MR) is 33.8 cm³/mol. The summed E-state index contributed by atoms with van der Waals surface area (Å²) in [5.74, 6) is -1.31. The third-order valence-electron chi connectivity index (χ3n) is 0.728. The van der Waals surface area contributed by atoms with Crippen molar-refractivity contribution in [2.75, 3.05) is 6.61 Å². The molecule has 0 aliphatic rings. The van der Waals surface area contributed by atoms with E-state index in [1.807, 2.05) is 0 Å². The van der Waals surface area contributed by atoms with Crippen LogP contribution in [-0.4, -0.2) is 24.5 Å². The summed E-state index contributed by atoms with van der Waals surface area (Å²) in [5, 5.41) is 0. The van der Waals surface area contributed by atoms with Gasteiger partial charge in [0.15, 0.2) is 6.61 Å². The van der Waals surface area contributed by atoms with Gasteiger partial charge < -0.3 is 16.2 Å². The van der Waals surface area contributed by atoms with Crippen LogP contribution in [0.25, 0.3) is 0 Å². The molecule has 0 aromatic heterocycles. The summed E-state index contributed by atoms with van der Waals surface area (Å²) in [6, 6.07) is -0.709. The van der Waals surface area contributed by atoms with Gasteiger partial charge in [-0.15, -0.1) is 0 Å². The Morgan fingerprint density at radius 1 is 1.60 bits per heavy atom. The Labute approximate surface area is 58.3 Å². The number of amides is 1. The first-order valence-electron chi connectivity index (χ1n) is 2.74. The van der Waals surface area contributed by atoms with Gasteiger partial charge in [-0.1, -0.05) is 0 Å². The third kappa shape index (κ3) is 3.85. The molecule has 0 aromatic rings. The second-order valence-electron chi connectivity index (χ2n) is 1.86. The van der Waals surface area contributed by atoms with Crippen LogP contribution in [0.3, 0.4) is 0 Å². The normalized spacial score (nSPS) is 12.2. The highest BCUT2D eigenvalue weighted by Crippen LogP contribution is 1.81. The van der Waals surface area contributed by atoms with Crippen molar-refractivity contribution >= 4 is 11.9 Å². The van der Waals surface area contributed by atoms with E-state index in [9.17, 15) is 9.59 Å². The third-order valence-corrected chi connectivity index (χ3v) is 0.728. The largest absolute Gasteiger partial charge is 0.454 e. The van der Waals surface area contributed by atoms with Gasteiger partial charge in [0.05, 0.1) is 0 Å². The lowest BCUT2D eigenvalue weighted by Crippen LogP contribution is -2.31. The molecule has 58 valence electrons. The lowest BCUT2D eigenvalue weighted by atomic mass is 10.4. The molecule has 4 N–H and O–H groups in total. The average Bonchev–Trinajstić information content (AvgIpc) is 1.82. The maximum atomic E-state index is 10.5. The van der Waals surface area contributed by atoms with Crippen LogP contribution >= 0.6 is 0 Å². The molecule has 0 aliphatic carbocycles. The number of primary amides is 1. The molecule has 0 saturated carbocycles.